The van der Waals surface area contributed by atoms with Gasteiger partial charge in [-0.3, -0.25) is 0 Å². The van der Waals surface area contributed by atoms with E-state index in [1.54, 1.807) is 0 Å². The Morgan fingerprint density at radius 1 is 1.25 bits per heavy atom. The Hall–Kier alpha value is -1.06. The van der Waals surface area contributed by atoms with E-state index in [0.717, 1.165) is 38.2 Å². The molecule has 3 nitrogen and oxygen atoms in total. The maximum absolute atomic E-state index is 5.93. The van der Waals surface area contributed by atoms with E-state index in [1.807, 2.05) is 13.2 Å². The van der Waals surface area contributed by atoms with Crippen LogP contribution in [0.4, 0.5) is 0 Å². The third-order valence-corrected chi connectivity index (χ3v) is 4.23. The summed E-state index contributed by atoms with van der Waals surface area (Å²) >= 11 is 0. The number of para-hydroxylation sites is 1. The smallest absolute Gasteiger partial charge is 0.124 e. The summed E-state index contributed by atoms with van der Waals surface area (Å²) in [4.78, 5) is 0. The maximum Gasteiger partial charge on any atom is 0.124 e. The highest BCUT2D eigenvalue weighted by Crippen LogP contribution is 2.46. The lowest BCUT2D eigenvalue weighted by Gasteiger charge is -2.47. The molecule has 1 saturated carbocycles. The van der Waals surface area contributed by atoms with Crippen LogP contribution in [0.5, 0.6) is 5.75 Å². The Labute approximate surface area is 122 Å². The molecule has 0 heterocycles. The van der Waals surface area contributed by atoms with Crippen molar-refractivity contribution in [3.05, 3.63) is 29.8 Å². The van der Waals surface area contributed by atoms with Gasteiger partial charge in [-0.05, 0) is 38.3 Å². The number of benzene rings is 1. The minimum Gasteiger partial charge on any atom is -0.493 e. The van der Waals surface area contributed by atoms with Crippen molar-refractivity contribution in [1.29, 1.82) is 0 Å². The molecule has 2 rings (SSSR count). The summed E-state index contributed by atoms with van der Waals surface area (Å²) < 4.78 is 11.8. The molecule has 1 aliphatic rings. The molecule has 1 N–H and O–H groups in total. The maximum atomic E-state index is 5.93. The van der Waals surface area contributed by atoms with Gasteiger partial charge in [-0.25, -0.2) is 0 Å². The Morgan fingerprint density at radius 3 is 2.55 bits per heavy atom. The van der Waals surface area contributed by atoms with Gasteiger partial charge in [-0.2, -0.15) is 0 Å². The molecule has 20 heavy (non-hydrogen) atoms. The van der Waals surface area contributed by atoms with Crippen molar-refractivity contribution in [3.63, 3.8) is 0 Å². The first-order valence-corrected chi connectivity index (χ1v) is 7.77. The summed E-state index contributed by atoms with van der Waals surface area (Å²) in [5.74, 6) is 0.989. The molecular formula is C17H27NO2. The third-order valence-electron chi connectivity index (χ3n) is 4.23. The molecule has 0 saturated heterocycles. The molecule has 0 bridgehead atoms. The van der Waals surface area contributed by atoms with Crippen molar-refractivity contribution in [1.82, 2.24) is 5.32 Å². The van der Waals surface area contributed by atoms with E-state index in [2.05, 4.69) is 37.4 Å². The van der Waals surface area contributed by atoms with Gasteiger partial charge in [0.05, 0.1) is 18.2 Å². The topological polar surface area (TPSA) is 30.5 Å². The number of methoxy groups -OCH3 is 1. The van der Waals surface area contributed by atoms with Gasteiger partial charge in [0.2, 0.25) is 0 Å². The first-order chi connectivity index (χ1) is 9.77. The largest absolute Gasteiger partial charge is 0.493 e. The van der Waals surface area contributed by atoms with Gasteiger partial charge in [-0.1, -0.05) is 32.0 Å². The first-order valence-electron chi connectivity index (χ1n) is 7.77. The standard InChI is InChI=1S/C17H27NO2/c1-4-13-20-15-10-7-6-9-14(15)16(18-5-2)17(19-3)11-8-12-17/h6-7,9-10,16,18H,4-5,8,11-13H2,1-3H3. The number of rotatable bonds is 8. The fourth-order valence-electron chi connectivity index (χ4n) is 2.98. The summed E-state index contributed by atoms with van der Waals surface area (Å²) in [6.45, 7) is 5.96. The second kappa shape index (κ2) is 7.09. The van der Waals surface area contributed by atoms with Gasteiger partial charge in [0.1, 0.15) is 5.75 Å². The molecular weight excluding hydrogens is 250 g/mol. The van der Waals surface area contributed by atoms with Crippen molar-refractivity contribution in [3.8, 4) is 5.75 Å². The highest BCUT2D eigenvalue weighted by Gasteiger charge is 2.45. The summed E-state index contributed by atoms with van der Waals surface area (Å²) in [7, 11) is 1.83. The number of likely N-dealkylation sites (N-methyl/N-ethyl adjacent to an activating group) is 1. The SMILES string of the molecule is CCCOc1ccccc1C(NCC)C1(OC)CCC1. The van der Waals surface area contributed by atoms with E-state index in [4.69, 9.17) is 9.47 Å². The zero-order valence-corrected chi connectivity index (χ0v) is 12.9. The lowest BCUT2D eigenvalue weighted by atomic mass is 9.72. The molecule has 3 heteroatoms. The molecule has 0 radical (unpaired) electrons. The van der Waals surface area contributed by atoms with Gasteiger partial charge >= 0.3 is 0 Å². The van der Waals surface area contributed by atoms with Crippen LogP contribution in [0.3, 0.4) is 0 Å². The molecule has 1 aromatic carbocycles. The molecule has 0 aromatic heterocycles. The van der Waals surface area contributed by atoms with Crippen molar-refractivity contribution in [2.45, 2.75) is 51.2 Å². The predicted octanol–water partition coefficient (Wildman–Crippen LogP) is 3.70. The van der Waals surface area contributed by atoms with Crippen molar-refractivity contribution >= 4 is 0 Å². The average Bonchev–Trinajstić information content (AvgIpc) is 2.44. The molecule has 1 atom stereocenters. The average molecular weight is 277 g/mol. The van der Waals surface area contributed by atoms with Gasteiger partial charge in [-0.15, -0.1) is 0 Å². The Kier molecular flexibility index (Phi) is 5.44. The Balaban J connectivity index is 2.29. The number of hydrogen-bond donors (Lipinski definition) is 1. The second-order valence-corrected chi connectivity index (χ2v) is 5.50. The molecule has 1 aromatic rings. The van der Waals surface area contributed by atoms with Crippen LogP contribution in [0.25, 0.3) is 0 Å². The monoisotopic (exact) mass is 277 g/mol. The van der Waals surface area contributed by atoms with E-state index < -0.39 is 0 Å². The Bertz CT molecular complexity index is 410. The summed E-state index contributed by atoms with van der Waals surface area (Å²) in [5.41, 5.74) is 1.16. The van der Waals surface area contributed by atoms with Gasteiger partial charge in [0, 0.05) is 12.7 Å². The van der Waals surface area contributed by atoms with Crippen molar-refractivity contribution < 1.29 is 9.47 Å². The van der Waals surface area contributed by atoms with Crippen LogP contribution in [0.15, 0.2) is 24.3 Å². The molecule has 1 aliphatic carbocycles. The number of nitrogens with one attached hydrogen (secondary N) is 1. The third kappa shape index (κ3) is 2.99. The second-order valence-electron chi connectivity index (χ2n) is 5.50. The highest BCUT2D eigenvalue weighted by atomic mass is 16.5. The van der Waals surface area contributed by atoms with Crippen LogP contribution in [-0.2, 0) is 4.74 Å². The molecule has 0 amide bonds. The molecule has 112 valence electrons. The van der Waals surface area contributed by atoms with E-state index in [9.17, 15) is 0 Å². The zero-order valence-electron chi connectivity index (χ0n) is 12.9. The van der Waals surface area contributed by atoms with Crippen molar-refractivity contribution in [2.24, 2.45) is 0 Å². The van der Waals surface area contributed by atoms with Crippen LogP contribution in [-0.4, -0.2) is 25.9 Å². The molecule has 1 fully saturated rings. The minimum atomic E-state index is -0.0678. The fraction of sp³-hybridized carbons (Fsp3) is 0.647. The van der Waals surface area contributed by atoms with Crippen LogP contribution in [0.1, 0.15) is 51.1 Å². The van der Waals surface area contributed by atoms with Gasteiger partial charge < -0.3 is 14.8 Å². The minimum absolute atomic E-state index is 0.0678. The van der Waals surface area contributed by atoms with Crippen LogP contribution >= 0.6 is 0 Å². The number of hydrogen-bond acceptors (Lipinski definition) is 3. The Morgan fingerprint density at radius 2 is 2.00 bits per heavy atom. The van der Waals surface area contributed by atoms with E-state index in [-0.39, 0.29) is 11.6 Å². The lowest BCUT2D eigenvalue weighted by molar-refractivity contribution is -0.0999. The molecule has 1 unspecified atom stereocenters. The number of ether oxygens (including phenoxy) is 2. The van der Waals surface area contributed by atoms with Crippen LogP contribution in [0.2, 0.25) is 0 Å². The van der Waals surface area contributed by atoms with E-state index >= 15 is 0 Å². The van der Waals surface area contributed by atoms with Crippen molar-refractivity contribution in [2.75, 3.05) is 20.3 Å². The quantitative estimate of drug-likeness (QED) is 0.786. The fourth-order valence-corrected chi connectivity index (χ4v) is 2.98. The van der Waals surface area contributed by atoms with Crippen LogP contribution < -0.4 is 10.1 Å². The highest BCUT2D eigenvalue weighted by molar-refractivity contribution is 5.38. The van der Waals surface area contributed by atoms with E-state index in [1.165, 1.54) is 12.0 Å². The zero-order chi connectivity index (χ0) is 14.4. The molecule has 0 aliphatic heterocycles. The normalized spacial score (nSPS) is 18.4. The molecule has 0 spiro atoms. The summed E-state index contributed by atoms with van der Waals surface area (Å²) in [6, 6.07) is 8.56. The van der Waals surface area contributed by atoms with Gasteiger partial charge in [0.25, 0.3) is 0 Å². The van der Waals surface area contributed by atoms with E-state index in [0.29, 0.717) is 0 Å². The van der Waals surface area contributed by atoms with Gasteiger partial charge in [0.15, 0.2) is 0 Å². The first kappa shape index (κ1) is 15.3. The lowest BCUT2D eigenvalue weighted by Crippen LogP contribution is -2.50. The predicted molar refractivity (Wildman–Crippen MR) is 82.2 cm³/mol. The summed E-state index contributed by atoms with van der Waals surface area (Å²) in [5, 5.41) is 3.60. The van der Waals surface area contributed by atoms with Crippen LogP contribution in [0, 0.1) is 0 Å². The summed E-state index contributed by atoms with van der Waals surface area (Å²) in [6.07, 6.45) is 4.50.